The van der Waals surface area contributed by atoms with Crippen molar-refractivity contribution in [2.45, 2.75) is 44.9 Å². The van der Waals surface area contributed by atoms with E-state index in [0.29, 0.717) is 25.1 Å². The van der Waals surface area contributed by atoms with E-state index in [4.69, 9.17) is 9.47 Å². The van der Waals surface area contributed by atoms with Gasteiger partial charge in [-0.25, -0.2) is 4.79 Å². The third kappa shape index (κ3) is 2.78. The standard InChI is InChI=1S/C13H24N2O3/c1-13(2,3)18-12(16)15-7-10(14-4)9-5-6-17-8-11(9)15/h9-11,14H,5-8H2,1-4H3. The van der Waals surface area contributed by atoms with Crippen molar-refractivity contribution in [2.75, 3.05) is 26.8 Å². The van der Waals surface area contributed by atoms with Gasteiger partial charge in [-0.15, -0.1) is 0 Å². The van der Waals surface area contributed by atoms with Gasteiger partial charge in [-0.1, -0.05) is 0 Å². The molecule has 2 heterocycles. The monoisotopic (exact) mass is 256 g/mol. The Hall–Kier alpha value is -0.810. The third-order valence-corrected chi connectivity index (χ3v) is 3.69. The van der Waals surface area contributed by atoms with Gasteiger partial charge in [0.1, 0.15) is 5.60 Å². The molecule has 0 radical (unpaired) electrons. The van der Waals surface area contributed by atoms with Crippen LogP contribution in [0, 0.1) is 5.92 Å². The number of nitrogens with zero attached hydrogens (tertiary/aromatic N) is 1. The normalized spacial score (nSPS) is 32.2. The molecule has 2 saturated heterocycles. The lowest BCUT2D eigenvalue weighted by molar-refractivity contribution is -0.0113. The van der Waals surface area contributed by atoms with Crippen LogP contribution in [-0.4, -0.2) is 55.5 Å². The summed E-state index contributed by atoms with van der Waals surface area (Å²) in [7, 11) is 1.95. The molecule has 5 heteroatoms. The van der Waals surface area contributed by atoms with Gasteiger partial charge < -0.3 is 19.7 Å². The van der Waals surface area contributed by atoms with Gasteiger partial charge in [0.25, 0.3) is 0 Å². The minimum absolute atomic E-state index is 0.158. The summed E-state index contributed by atoms with van der Waals surface area (Å²) in [4.78, 5) is 14.0. The lowest BCUT2D eigenvalue weighted by Crippen LogP contribution is -2.45. The summed E-state index contributed by atoms with van der Waals surface area (Å²) in [5.74, 6) is 0.483. The van der Waals surface area contributed by atoms with Crippen molar-refractivity contribution in [3.05, 3.63) is 0 Å². The number of hydrogen-bond acceptors (Lipinski definition) is 4. The molecule has 1 amide bonds. The molecule has 2 aliphatic rings. The van der Waals surface area contributed by atoms with Crippen LogP contribution < -0.4 is 5.32 Å². The first-order chi connectivity index (χ1) is 8.42. The summed E-state index contributed by atoms with van der Waals surface area (Å²) >= 11 is 0. The zero-order valence-corrected chi connectivity index (χ0v) is 11.7. The molecule has 0 aromatic heterocycles. The second kappa shape index (κ2) is 5.05. The van der Waals surface area contributed by atoms with Gasteiger partial charge in [0.2, 0.25) is 0 Å². The largest absolute Gasteiger partial charge is 0.444 e. The molecule has 3 atom stereocenters. The second-order valence-corrected chi connectivity index (χ2v) is 6.12. The van der Waals surface area contributed by atoms with Crippen molar-refractivity contribution >= 4 is 6.09 Å². The number of fused-ring (bicyclic) bond motifs is 1. The Kier molecular flexibility index (Phi) is 3.82. The van der Waals surface area contributed by atoms with E-state index < -0.39 is 5.60 Å². The third-order valence-electron chi connectivity index (χ3n) is 3.69. The van der Waals surface area contributed by atoms with Crippen molar-refractivity contribution in [1.82, 2.24) is 10.2 Å². The molecule has 2 fully saturated rings. The van der Waals surface area contributed by atoms with E-state index in [1.54, 1.807) is 0 Å². The quantitative estimate of drug-likeness (QED) is 0.766. The first-order valence-electron chi connectivity index (χ1n) is 6.67. The summed E-state index contributed by atoms with van der Waals surface area (Å²) in [6.45, 7) is 7.82. The minimum Gasteiger partial charge on any atom is -0.444 e. The average molecular weight is 256 g/mol. The SMILES string of the molecule is CNC1CN(C(=O)OC(C)(C)C)C2COCCC12. The lowest BCUT2D eigenvalue weighted by atomic mass is 9.92. The zero-order chi connectivity index (χ0) is 13.3. The fourth-order valence-corrected chi connectivity index (χ4v) is 2.85. The number of ether oxygens (including phenoxy) is 2. The Morgan fingerprint density at radius 2 is 2.17 bits per heavy atom. The Bertz CT molecular complexity index is 314. The average Bonchev–Trinajstić information content (AvgIpc) is 2.65. The second-order valence-electron chi connectivity index (χ2n) is 6.12. The molecule has 0 saturated carbocycles. The van der Waals surface area contributed by atoms with Crippen LogP contribution in [0.3, 0.4) is 0 Å². The number of hydrogen-bond donors (Lipinski definition) is 1. The fraction of sp³-hybridized carbons (Fsp3) is 0.923. The summed E-state index contributed by atoms with van der Waals surface area (Å²) in [5.41, 5.74) is -0.445. The number of carbonyl (C=O) groups is 1. The molecule has 104 valence electrons. The van der Waals surface area contributed by atoms with Gasteiger partial charge >= 0.3 is 6.09 Å². The highest BCUT2D eigenvalue weighted by atomic mass is 16.6. The Labute approximate surface area is 109 Å². The molecule has 3 unspecified atom stereocenters. The van der Waals surface area contributed by atoms with Gasteiger partial charge in [0.15, 0.2) is 0 Å². The molecular weight excluding hydrogens is 232 g/mol. The highest BCUT2D eigenvalue weighted by molar-refractivity contribution is 5.69. The van der Waals surface area contributed by atoms with E-state index >= 15 is 0 Å². The predicted octanol–water partition coefficient (Wildman–Crippen LogP) is 1.23. The Morgan fingerprint density at radius 1 is 1.44 bits per heavy atom. The van der Waals surface area contributed by atoms with Crippen LogP contribution in [0.1, 0.15) is 27.2 Å². The van der Waals surface area contributed by atoms with Gasteiger partial charge in [0, 0.05) is 25.1 Å². The fourth-order valence-electron chi connectivity index (χ4n) is 2.85. The maximum atomic E-state index is 12.2. The summed E-state index contributed by atoms with van der Waals surface area (Å²) in [6.07, 6.45) is 0.788. The van der Waals surface area contributed by atoms with Crippen LogP contribution in [0.4, 0.5) is 4.79 Å². The number of amides is 1. The van der Waals surface area contributed by atoms with Crippen molar-refractivity contribution in [3.8, 4) is 0 Å². The van der Waals surface area contributed by atoms with E-state index in [0.717, 1.165) is 13.0 Å². The maximum absolute atomic E-state index is 12.2. The summed E-state index contributed by atoms with van der Waals surface area (Å²) < 4.78 is 11.0. The molecule has 0 aromatic carbocycles. The van der Waals surface area contributed by atoms with Crippen LogP contribution in [0.15, 0.2) is 0 Å². The predicted molar refractivity (Wildman–Crippen MR) is 68.5 cm³/mol. The molecule has 1 N–H and O–H groups in total. The van der Waals surface area contributed by atoms with Crippen LogP contribution in [0.25, 0.3) is 0 Å². The van der Waals surface area contributed by atoms with E-state index in [1.807, 2.05) is 32.7 Å². The minimum atomic E-state index is -0.445. The van der Waals surface area contributed by atoms with Crippen molar-refractivity contribution in [1.29, 1.82) is 0 Å². The van der Waals surface area contributed by atoms with Gasteiger partial charge in [-0.05, 0) is 34.2 Å². The van der Waals surface area contributed by atoms with Crippen molar-refractivity contribution in [2.24, 2.45) is 5.92 Å². The van der Waals surface area contributed by atoms with Crippen LogP contribution in [0.2, 0.25) is 0 Å². The number of rotatable bonds is 1. The summed E-state index contributed by atoms with van der Waals surface area (Å²) in [5, 5.41) is 3.31. The molecular formula is C13H24N2O3. The van der Waals surface area contributed by atoms with E-state index in [2.05, 4.69) is 5.32 Å². The first-order valence-corrected chi connectivity index (χ1v) is 6.67. The zero-order valence-electron chi connectivity index (χ0n) is 11.7. The molecule has 0 aliphatic carbocycles. The maximum Gasteiger partial charge on any atom is 0.410 e. The molecule has 18 heavy (non-hydrogen) atoms. The number of nitrogens with one attached hydrogen (secondary N) is 1. The molecule has 2 aliphatic heterocycles. The van der Waals surface area contributed by atoms with Crippen molar-refractivity contribution < 1.29 is 14.3 Å². The topological polar surface area (TPSA) is 50.8 Å². The van der Waals surface area contributed by atoms with Gasteiger partial charge in [-0.3, -0.25) is 0 Å². The van der Waals surface area contributed by atoms with Crippen LogP contribution in [-0.2, 0) is 9.47 Å². The van der Waals surface area contributed by atoms with Crippen LogP contribution >= 0.6 is 0 Å². The van der Waals surface area contributed by atoms with E-state index in [-0.39, 0.29) is 12.1 Å². The Morgan fingerprint density at radius 3 is 2.78 bits per heavy atom. The first kappa shape index (κ1) is 13.6. The highest BCUT2D eigenvalue weighted by Gasteiger charge is 2.45. The molecule has 0 spiro atoms. The number of likely N-dealkylation sites (tertiary alicyclic amines) is 1. The molecule has 2 rings (SSSR count). The highest BCUT2D eigenvalue weighted by Crippen LogP contribution is 2.31. The molecule has 5 nitrogen and oxygen atoms in total. The Balaban J connectivity index is 2.06. The van der Waals surface area contributed by atoms with E-state index in [9.17, 15) is 4.79 Å². The number of likely N-dealkylation sites (N-methyl/N-ethyl adjacent to an activating group) is 1. The molecule has 0 aromatic rings. The smallest absolute Gasteiger partial charge is 0.410 e. The lowest BCUT2D eigenvalue weighted by Gasteiger charge is -2.33. The van der Waals surface area contributed by atoms with E-state index in [1.165, 1.54) is 0 Å². The van der Waals surface area contributed by atoms with Crippen molar-refractivity contribution in [3.63, 3.8) is 0 Å². The van der Waals surface area contributed by atoms with Gasteiger partial charge in [-0.2, -0.15) is 0 Å². The van der Waals surface area contributed by atoms with Crippen LogP contribution in [0.5, 0.6) is 0 Å². The summed E-state index contributed by atoms with van der Waals surface area (Å²) in [6, 6.07) is 0.512. The molecule has 0 bridgehead atoms. The number of carbonyl (C=O) groups excluding carboxylic acids is 1. The van der Waals surface area contributed by atoms with Gasteiger partial charge in [0.05, 0.1) is 12.6 Å².